The lowest BCUT2D eigenvalue weighted by Crippen LogP contribution is -2.32. The Hall–Kier alpha value is 0.314. The van der Waals surface area contributed by atoms with Crippen molar-refractivity contribution in [2.75, 3.05) is 13.2 Å². The minimum absolute atomic E-state index is 0.382. The van der Waals surface area contributed by atoms with Crippen LogP contribution in [0.2, 0.25) is 19.1 Å². The van der Waals surface area contributed by atoms with Crippen LogP contribution in [0.15, 0.2) is 0 Å². The Labute approximate surface area is 84.0 Å². The van der Waals surface area contributed by atoms with Gasteiger partial charge in [0.25, 0.3) is 10.0 Å². The monoisotopic (exact) mass is 220 g/mol. The summed E-state index contributed by atoms with van der Waals surface area (Å²) in [7, 11) is -2.09. The maximum Gasteiger partial charge on any atom is 0.294 e. The Morgan fingerprint density at radius 1 is 1.54 bits per heavy atom. The molecule has 1 aliphatic heterocycles. The molecular formula is C8H20O3Si2. The summed E-state index contributed by atoms with van der Waals surface area (Å²) in [6.45, 7) is 8.37. The first-order chi connectivity index (χ1) is 6.14. The third kappa shape index (κ3) is 5.59. The second kappa shape index (κ2) is 5.26. The molecular weight excluding hydrogens is 200 g/mol. The first-order valence-electron chi connectivity index (χ1n) is 4.97. The number of ether oxygens (including phenoxy) is 1. The molecule has 1 unspecified atom stereocenters. The SMILES string of the molecule is CCC[Si](C)(C)O[SiH2]OCC1CO1. The fraction of sp³-hybridized carbons (Fsp3) is 1.00. The average molecular weight is 220 g/mol. The lowest BCUT2D eigenvalue weighted by atomic mass is 10.5. The molecule has 78 valence electrons. The fourth-order valence-electron chi connectivity index (χ4n) is 1.22. The maximum atomic E-state index is 5.85. The second-order valence-electron chi connectivity index (χ2n) is 4.10. The molecule has 0 aliphatic carbocycles. The predicted molar refractivity (Wildman–Crippen MR) is 57.9 cm³/mol. The molecule has 0 aromatic heterocycles. The molecule has 0 radical (unpaired) electrons. The number of hydrogen-bond donors (Lipinski definition) is 0. The molecule has 1 atom stereocenters. The summed E-state index contributed by atoms with van der Waals surface area (Å²) in [6, 6.07) is 1.24. The molecule has 0 amide bonds. The first kappa shape index (κ1) is 11.4. The number of rotatable bonds is 7. The van der Waals surface area contributed by atoms with Gasteiger partial charge in [0.2, 0.25) is 0 Å². The molecule has 13 heavy (non-hydrogen) atoms. The minimum atomic E-state index is -1.36. The van der Waals surface area contributed by atoms with Crippen molar-refractivity contribution >= 4 is 18.3 Å². The molecule has 1 aliphatic rings. The van der Waals surface area contributed by atoms with Gasteiger partial charge in [-0.3, -0.25) is 0 Å². The van der Waals surface area contributed by atoms with Crippen molar-refractivity contribution in [2.45, 2.75) is 38.6 Å². The molecule has 1 rings (SSSR count). The highest BCUT2D eigenvalue weighted by molar-refractivity contribution is 6.74. The van der Waals surface area contributed by atoms with Crippen molar-refractivity contribution in [1.82, 2.24) is 0 Å². The zero-order chi connectivity index (χ0) is 9.73. The Kier molecular flexibility index (Phi) is 4.61. The summed E-state index contributed by atoms with van der Waals surface area (Å²) in [5, 5.41) is 0. The minimum Gasteiger partial charge on any atom is -0.440 e. The van der Waals surface area contributed by atoms with Gasteiger partial charge in [-0.25, -0.2) is 0 Å². The van der Waals surface area contributed by atoms with E-state index in [1.165, 1.54) is 12.5 Å². The molecule has 0 aromatic carbocycles. The van der Waals surface area contributed by atoms with Crippen molar-refractivity contribution in [1.29, 1.82) is 0 Å². The maximum absolute atomic E-state index is 5.85. The summed E-state index contributed by atoms with van der Waals surface area (Å²) in [5.41, 5.74) is 0. The van der Waals surface area contributed by atoms with E-state index in [0.29, 0.717) is 6.10 Å². The van der Waals surface area contributed by atoms with Crippen LogP contribution in [0.25, 0.3) is 0 Å². The van der Waals surface area contributed by atoms with Gasteiger partial charge in [0, 0.05) is 0 Å². The van der Waals surface area contributed by atoms with E-state index in [0.717, 1.165) is 13.2 Å². The quantitative estimate of drug-likeness (QED) is 0.365. The molecule has 1 saturated heterocycles. The molecule has 0 N–H and O–H groups in total. The Bertz CT molecular complexity index is 148. The Morgan fingerprint density at radius 3 is 2.77 bits per heavy atom. The lowest BCUT2D eigenvalue weighted by molar-refractivity contribution is 0.245. The smallest absolute Gasteiger partial charge is 0.294 e. The van der Waals surface area contributed by atoms with E-state index in [-0.39, 0.29) is 0 Å². The predicted octanol–water partition coefficient (Wildman–Crippen LogP) is 1.03. The van der Waals surface area contributed by atoms with Gasteiger partial charge in [-0.05, 0) is 19.1 Å². The molecule has 0 aromatic rings. The van der Waals surface area contributed by atoms with E-state index in [4.69, 9.17) is 13.3 Å². The van der Waals surface area contributed by atoms with Crippen LogP contribution in [-0.4, -0.2) is 37.6 Å². The van der Waals surface area contributed by atoms with Crippen LogP contribution in [0.1, 0.15) is 13.3 Å². The van der Waals surface area contributed by atoms with Crippen LogP contribution < -0.4 is 0 Å². The standard InChI is InChI=1S/C8H20O3Si2/c1-4-5-13(2,3)11-12-10-7-8-6-9-8/h8H,4-7,12H2,1-3H3. The summed E-state index contributed by atoms with van der Waals surface area (Å²) >= 11 is 0. The Morgan fingerprint density at radius 2 is 2.23 bits per heavy atom. The van der Waals surface area contributed by atoms with Gasteiger partial charge in [-0.1, -0.05) is 13.3 Å². The first-order valence-corrected chi connectivity index (χ1v) is 9.24. The van der Waals surface area contributed by atoms with Crippen molar-refractivity contribution in [3.05, 3.63) is 0 Å². The molecule has 1 fully saturated rings. The van der Waals surface area contributed by atoms with Gasteiger partial charge in [0.05, 0.1) is 13.2 Å². The highest BCUT2D eigenvalue weighted by Crippen LogP contribution is 2.13. The van der Waals surface area contributed by atoms with Crippen LogP contribution in [0, 0.1) is 0 Å². The topological polar surface area (TPSA) is 31.0 Å². The van der Waals surface area contributed by atoms with E-state index in [1.807, 2.05) is 0 Å². The van der Waals surface area contributed by atoms with Gasteiger partial charge >= 0.3 is 0 Å². The lowest BCUT2D eigenvalue weighted by Gasteiger charge is -2.22. The molecule has 0 saturated carbocycles. The third-order valence-electron chi connectivity index (χ3n) is 2.09. The summed E-state index contributed by atoms with van der Waals surface area (Å²) in [6.07, 6.45) is 1.60. The van der Waals surface area contributed by atoms with E-state index in [2.05, 4.69) is 20.0 Å². The third-order valence-corrected chi connectivity index (χ3v) is 7.79. The van der Waals surface area contributed by atoms with Crippen molar-refractivity contribution in [3.63, 3.8) is 0 Å². The van der Waals surface area contributed by atoms with E-state index < -0.39 is 18.3 Å². The van der Waals surface area contributed by atoms with Crippen LogP contribution in [0.4, 0.5) is 0 Å². The zero-order valence-electron chi connectivity index (χ0n) is 8.84. The number of epoxide rings is 1. The second-order valence-corrected chi connectivity index (χ2v) is 9.92. The van der Waals surface area contributed by atoms with E-state index in [9.17, 15) is 0 Å². The summed E-state index contributed by atoms with van der Waals surface area (Å²) in [5.74, 6) is 0. The van der Waals surface area contributed by atoms with Gasteiger partial charge in [0.15, 0.2) is 8.32 Å². The van der Waals surface area contributed by atoms with Crippen LogP contribution in [-0.2, 0) is 13.3 Å². The largest absolute Gasteiger partial charge is 0.440 e. The van der Waals surface area contributed by atoms with Gasteiger partial charge < -0.3 is 13.3 Å². The van der Waals surface area contributed by atoms with Gasteiger partial charge in [-0.15, -0.1) is 0 Å². The highest BCUT2D eigenvalue weighted by atomic mass is 28.4. The van der Waals surface area contributed by atoms with Gasteiger partial charge in [-0.2, -0.15) is 0 Å². The molecule has 0 spiro atoms. The van der Waals surface area contributed by atoms with Gasteiger partial charge in [0.1, 0.15) is 6.10 Å². The summed E-state index contributed by atoms with van der Waals surface area (Å²) < 4.78 is 16.4. The van der Waals surface area contributed by atoms with Crippen LogP contribution in [0.3, 0.4) is 0 Å². The fourth-order valence-corrected chi connectivity index (χ4v) is 4.97. The average Bonchev–Trinajstić information content (AvgIpc) is 2.81. The Balaban J connectivity index is 1.95. The number of hydrogen-bond acceptors (Lipinski definition) is 3. The zero-order valence-corrected chi connectivity index (χ0v) is 11.3. The van der Waals surface area contributed by atoms with Crippen molar-refractivity contribution in [3.8, 4) is 0 Å². The normalized spacial score (nSPS) is 22.8. The van der Waals surface area contributed by atoms with Crippen LogP contribution >= 0.6 is 0 Å². The van der Waals surface area contributed by atoms with Crippen molar-refractivity contribution < 1.29 is 13.3 Å². The van der Waals surface area contributed by atoms with Crippen molar-refractivity contribution in [2.24, 2.45) is 0 Å². The molecule has 0 bridgehead atoms. The molecule has 5 heteroatoms. The van der Waals surface area contributed by atoms with E-state index >= 15 is 0 Å². The van der Waals surface area contributed by atoms with E-state index in [1.54, 1.807) is 0 Å². The molecule has 1 heterocycles. The molecule has 3 nitrogen and oxygen atoms in total. The summed E-state index contributed by atoms with van der Waals surface area (Å²) in [4.78, 5) is 0. The highest BCUT2D eigenvalue weighted by Gasteiger charge is 2.24. The van der Waals surface area contributed by atoms with Crippen LogP contribution in [0.5, 0.6) is 0 Å².